The fraction of sp³-hybridized carbons (Fsp3) is 0.375. The predicted molar refractivity (Wildman–Crippen MR) is 115 cm³/mol. The van der Waals surface area contributed by atoms with E-state index in [1.165, 1.54) is 0 Å². The highest BCUT2D eigenvalue weighted by atomic mass is 16.5. The molecule has 0 saturated carbocycles. The summed E-state index contributed by atoms with van der Waals surface area (Å²) in [6, 6.07) is 16.2. The zero-order valence-corrected chi connectivity index (χ0v) is 17.3. The molecule has 6 heteroatoms. The maximum atomic E-state index is 12.7. The molecule has 1 heterocycles. The first kappa shape index (κ1) is 21.6. The van der Waals surface area contributed by atoms with E-state index in [1.807, 2.05) is 30.0 Å². The van der Waals surface area contributed by atoms with Crippen molar-refractivity contribution in [3.63, 3.8) is 0 Å². The van der Waals surface area contributed by atoms with Crippen molar-refractivity contribution in [3.8, 4) is 5.75 Å². The molecule has 1 aliphatic rings. The van der Waals surface area contributed by atoms with Crippen LogP contribution < -0.4 is 10.1 Å². The molecule has 1 N–H and O–H groups in total. The SMILES string of the molecule is CCOc1ccc(C(=O)N2CCC(NC(=O)CCC(=O)c3ccccc3)CC2)cc1. The van der Waals surface area contributed by atoms with Crippen molar-refractivity contribution in [2.75, 3.05) is 19.7 Å². The van der Waals surface area contributed by atoms with Crippen LogP contribution in [-0.2, 0) is 4.79 Å². The van der Waals surface area contributed by atoms with E-state index < -0.39 is 0 Å². The molecule has 0 aliphatic carbocycles. The van der Waals surface area contributed by atoms with Gasteiger partial charge in [0.2, 0.25) is 5.91 Å². The lowest BCUT2D eigenvalue weighted by molar-refractivity contribution is -0.122. The molecule has 1 aliphatic heterocycles. The number of amides is 2. The highest BCUT2D eigenvalue weighted by molar-refractivity contribution is 5.98. The molecular formula is C24H28N2O4. The minimum atomic E-state index is -0.115. The fourth-order valence-corrected chi connectivity index (χ4v) is 3.57. The molecule has 3 rings (SSSR count). The average Bonchev–Trinajstić information content (AvgIpc) is 2.79. The topological polar surface area (TPSA) is 75.7 Å². The number of ketones is 1. The minimum Gasteiger partial charge on any atom is -0.494 e. The van der Waals surface area contributed by atoms with Crippen molar-refractivity contribution < 1.29 is 19.1 Å². The molecule has 0 atom stereocenters. The number of benzene rings is 2. The van der Waals surface area contributed by atoms with Gasteiger partial charge in [-0.25, -0.2) is 0 Å². The predicted octanol–water partition coefficient (Wildman–Crippen LogP) is 3.47. The molecule has 1 saturated heterocycles. The summed E-state index contributed by atoms with van der Waals surface area (Å²) in [5.41, 5.74) is 1.27. The molecule has 30 heavy (non-hydrogen) atoms. The van der Waals surface area contributed by atoms with E-state index >= 15 is 0 Å². The number of ether oxygens (including phenoxy) is 1. The van der Waals surface area contributed by atoms with E-state index in [4.69, 9.17) is 4.74 Å². The third kappa shape index (κ3) is 5.92. The first-order chi connectivity index (χ1) is 14.6. The van der Waals surface area contributed by atoms with Gasteiger partial charge < -0.3 is 15.0 Å². The van der Waals surface area contributed by atoms with Gasteiger partial charge in [0.1, 0.15) is 5.75 Å². The molecule has 6 nitrogen and oxygen atoms in total. The number of nitrogens with one attached hydrogen (secondary N) is 1. The van der Waals surface area contributed by atoms with Crippen LogP contribution in [-0.4, -0.2) is 48.2 Å². The minimum absolute atomic E-state index is 0.00344. The first-order valence-electron chi connectivity index (χ1n) is 10.5. The van der Waals surface area contributed by atoms with E-state index in [2.05, 4.69) is 5.32 Å². The number of hydrogen-bond acceptors (Lipinski definition) is 4. The largest absolute Gasteiger partial charge is 0.494 e. The van der Waals surface area contributed by atoms with Crippen molar-refractivity contribution in [1.29, 1.82) is 0 Å². The summed E-state index contributed by atoms with van der Waals surface area (Å²) < 4.78 is 5.41. The summed E-state index contributed by atoms with van der Waals surface area (Å²) in [4.78, 5) is 38.8. The van der Waals surface area contributed by atoms with Crippen LogP contribution >= 0.6 is 0 Å². The lowest BCUT2D eigenvalue weighted by atomic mass is 10.0. The molecule has 2 aromatic carbocycles. The van der Waals surface area contributed by atoms with Crippen molar-refractivity contribution in [2.24, 2.45) is 0 Å². The van der Waals surface area contributed by atoms with Crippen LogP contribution in [0.2, 0.25) is 0 Å². The maximum absolute atomic E-state index is 12.7. The van der Waals surface area contributed by atoms with Crippen molar-refractivity contribution >= 4 is 17.6 Å². The summed E-state index contributed by atoms with van der Waals surface area (Å²) in [5, 5.41) is 3.00. The highest BCUT2D eigenvalue weighted by Crippen LogP contribution is 2.17. The number of nitrogens with zero attached hydrogens (tertiary/aromatic N) is 1. The summed E-state index contributed by atoms with van der Waals surface area (Å²) in [6.07, 6.45) is 1.80. The van der Waals surface area contributed by atoms with Crippen LogP contribution in [0.5, 0.6) is 5.75 Å². The van der Waals surface area contributed by atoms with Crippen LogP contribution in [0.1, 0.15) is 53.3 Å². The molecule has 2 amide bonds. The summed E-state index contributed by atoms with van der Waals surface area (Å²) in [7, 11) is 0. The Kier molecular flexibility index (Phi) is 7.60. The number of hydrogen-bond donors (Lipinski definition) is 1. The number of Topliss-reactive ketones (excluding diaryl/α,β-unsaturated/α-hetero) is 1. The quantitative estimate of drug-likeness (QED) is 0.679. The maximum Gasteiger partial charge on any atom is 0.253 e. The third-order valence-corrected chi connectivity index (χ3v) is 5.23. The zero-order valence-electron chi connectivity index (χ0n) is 17.3. The van der Waals surface area contributed by atoms with Gasteiger partial charge in [-0.3, -0.25) is 14.4 Å². The summed E-state index contributed by atoms with van der Waals surface area (Å²) in [6.45, 7) is 3.70. The number of piperidine rings is 1. The smallest absolute Gasteiger partial charge is 0.253 e. The zero-order chi connectivity index (χ0) is 21.3. The van der Waals surface area contributed by atoms with Gasteiger partial charge in [0.15, 0.2) is 5.78 Å². The van der Waals surface area contributed by atoms with E-state index in [-0.39, 0.29) is 36.5 Å². The van der Waals surface area contributed by atoms with Gasteiger partial charge in [-0.05, 0) is 44.0 Å². The second kappa shape index (κ2) is 10.6. The molecule has 2 aromatic rings. The van der Waals surface area contributed by atoms with Crippen LogP contribution in [0.25, 0.3) is 0 Å². The average molecular weight is 408 g/mol. The van der Waals surface area contributed by atoms with Gasteiger partial charge in [0.25, 0.3) is 5.91 Å². The highest BCUT2D eigenvalue weighted by Gasteiger charge is 2.24. The molecule has 0 aromatic heterocycles. The Morgan fingerprint density at radius 2 is 1.60 bits per heavy atom. The first-order valence-corrected chi connectivity index (χ1v) is 10.5. The van der Waals surface area contributed by atoms with Gasteiger partial charge in [-0.2, -0.15) is 0 Å². The third-order valence-electron chi connectivity index (χ3n) is 5.23. The number of likely N-dealkylation sites (tertiary alicyclic amines) is 1. The molecule has 0 spiro atoms. The molecule has 0 bridgehead atoms. The van der Waals surface area contributed by atoms with Gasteiger partial charge in [0.05, 0.1) is 6.61 Å². The van der Waals surface area contributed by atoms with E-state index in [9.17, 15) is 14.4 Å². The lowest BCUT2D eigenvalue weighted by Gasteiger charge is -2.32. The molecule has 158 valence electrons. The number of carbonyl (C=O) groups is 3. The van der Waals surface area contributed by atoms with Crippen LogP contribution in [0.3, 0.4) is 0 Å². The Bertz CT molecular complexity index is 857. The molecule has 0 radical (unpaired) electrons. The van der Waals surface area contributed by atoms with Gasteiger partial charge in [0, 0.05) is 43.1 Å². The summed E-state index contributed by atoms with van der Waals surface area (Å²) in [5.74, 6) is 0.606. The van der Waals surface area contributed by atoms with Crippen molar-refractivity contribution in [1.82, 2.24) is 10.2 Å². The Labute approximate surface area is 177 Å². The van der Waals surface area contributed by atoms with E-state index in [1.54, 1.807) is 36.4 Å². The van der Waals surface area contributed by atoms with Crippen molar-refractivity contribution in [3.05, 3.63) is 65.7 Å². The van der Waals surface area contributed by atoms with Crippen LogP contribution in [0.4, 0.5) is 0 Å². The number of rotatable bonds is 8. The second-order valence-corrected chi connectivity index (χ2v) is 7.38. The Morgan fingerprint density at radius 3 is 2.23 bits per heavy atom. The lowest BCUT2D eigenvalue weighted by Crippen LogP contribution is -2.46. The van der Waals surface area contributed by atoms with E-state index in [0.29, 0.717) is 43.7 Å². The van der Waals surface area contributed by atoms with Crippen LogP contribution in [0, 0.1) is 0 Å². The van der Waals surface area contributed by atoms with E-state index in [0.717, 1.165) is 5.75 Å². The number of carbonyl (C=O) groups excluding carboxylic acids is 3. The van der Waals surface area contributed by atoms with Crippen molar-refractivity contribution in [2.45, 2.75) is 38.6 Å². The standard InChI is InChI=1S/C24H28N2O4/c1-2-30-21-10-8-19(9-11-21)24(29)26-16-14-20(15-17-26)25-23(28)13-12-22(27)18-6-4-3-5-7-18/h3-11,20H,2,12-17H2,1H3,(H,25,28). The Morgan fingerprint density at radius 1 is 0.933 bits per heavy atom. The Balaban J connectivity index is 1.41. The fourth-order valence-electron chi connectivity index (χ4n) is 3.57. The van der Waals surface area contributed by atoms with Gasteiger partial charge >= 0.3 is 0 Å². The molecule has 0 unspecified atom stereocenters. The van der Waals surface area contributed by atoms with Gasteiger partial charge in [-0.15, -0.1) is 0 Å². The normalized spacial score (nSPS) is 14.2. The van der Waals surface area contributed by atoms with Crippen LogP contribution in [0.15, 0.2) is 54.6 Å². The Hall–Kier alpha value is -3.15. The van der Waals surface area contributed by atoms with Gasteiger partial charge in [-0.1, -0.05) is 30.3 Å². The molecular weight excluding hydrogens is 380 g/mol. The summed E-state index contributed by atoms with van der Waals surface area (Å²) >= 11 is 0. The molecule has 1 fully saturated rings. The second-order valence-electron chi connectivity index (χ2n) is 7.38. The monoisotopic (exact) mass is 408 g/mol.